The maximum atomic E-state index is 11.9. The van der Waals surface area contributed by atoms with Crippen molar-refractivity contribution in [3.63, 3.8) is 0 Å². The van der Waals surface area contributed by atoms with Crippen molar-refractivity contribution in [1.82, 2.24) is 0 Å². The third-order valence-corrected chi connectivity index (χ3v) is 3.20. The Hall–Kier alpha value is -1.71. The van der Waals surface area contributed by atoms with Crippen LogP contribution in [-0.4, -0.2) is 68.8 Å². The fraction of sp³-hybridized carbons (Fsp3) is 0.462. The third-order valence-electron chi connectivity index (χ3n) is 3.20. The van der Waals surface area contributed by atoms with E-state index >= 15 is 0 Å². The predicted octanol–water partition coefficient (Wildman–Crippen LogP) is -1.65. The molecular weight excluding hydrogens is 284 g/mol. The van der Waals surface area contributed by atoms with Gasteiger partial charge in [0.05, 0.1) is 6.61 Å². The fourth-order valence-electron chi connectivity index (χ4n) is 1.98. The Labute approximate surface area is 119 Å². The predicted molar refractivity (Wildman–Crippen MR) is 67.3 cm³/mol. The highest BCUT2D eigenvalue weighted by Gasteiger charge is 2.45. The first-order chi connectivity index (χ1) is 9.95. The number of aliphatic hydroxyl groups excluding tert-OH is 4. The number of rotatable bonds is 3. The van der Waals surface area contributed by atoms with Gasteiger partial charge in [-0.05, 0) is 12.1 Å². The molecule has 0 aliphatic carbocycles. The molecule has 0 radical (unpaired) electrons. The molecule has 0 spiro atoms. The van der Waals surface area contributed by atoms with E-state index in [2.05, 4.69) is 0 Å². The molecule has 0 aromatic heterocycles. The van der Waals surface area contributed by atoms with Crippen molar-refractivity contribution < 1.29 is 39.8 Å². The quantitative estimate of drug-likeness (QED) is 0.419. The molecule has 1 saturated heterocycles. The molecule has 1 heterocycles. The number of esters is 1. The van der Waals surface area contributed by atoms with Gasteiger partial charge in [0.2, 0.25) is 6.29 Å². The summed E-state index contributed by atoms with van der Waals surface area (Å²) >= 11 is 0. The minimum absolute atomic E-state index is 0.144. The zero-order valence-corrected chi connectivity index (χ0v) is 10.9. The third kappa shape index (κ3) is 3.14. The zero-order valence-electron chi connectivity index (χ0n) is 10.9. The summed E-state index contributed by atoms with van der Waals surface area (Å²) in [5, 5.41) is 47.5. The van der Waals surface area contributed by atoms with Crippen molar-refractivity contribution in [2.24, 2.45) is 0 Å². The van der Waals surface area contributed by atoms with Crippen LogP contribution in [0.4, 0.5) is 0 Å². The molecular formula is C13H16O8. The van der Waals surface area contributed by atoms with Crippen LogP contribution in [0.15, 0.2) is 24.3 Å². The van der Waals surface area contributed by atoms with E-state index in [0.29, 0.717) is 0 Å². The number of phenolic OH excluding ortho intramolecular Hbond substituents is 1. The lowest BCUT2D eigenvalue weighted by Crippen LogP contribution is -2.59. The molecule has 0 bridgehead atoms. The van der Waals surface area contributed by atoms with E-state index in [9.17, 15) is 25.2 Å². The van der Waals surface area contributed by atoms with Crippen LogP contribution in [0, 0.1) is 0 Å². The SMILES string of the molecule is O=C(OC1OC(CO)C(O)C(O)C1O)c1ccccc1O. The number of aliphatic hydroxyl groups is 4. The van der Waals surface area contributed by atoms with Crippen LogP contribution in [0.5, 0.6) is 5.75 Å². The Balaban J connectivity index is 2.11. The molecule has 1 aliphatic rings. The van der Waals surface area contributed by atoms with Crippen molar-refractivity contribution >= 4 is 5.97 Å². The van der Waals surface area contributed by atoms with Gasteiger partial charge in [-0.15, -0.1) is 0 Å². The number of hydrogen-bond acceptors (Lipinski definition) is 8. The van der Waals surface area contributed by atoms with Crippen LogP contribution >= 0.6 is 0 Å². The van der Waals surface area contributed by atoms with E-state index in [1.54, 1.807) is 0 Å². The molecule has 1 aromatic rings. The second kappa shape index (κ2) is 6.37. The number of para-hydroxylation sites is 1. The molecule has 1 aliphatic heterocycles. The topological polar surface area (TPSA) is 137 Å². The summed E-state index contributed by atoms with van der Waals surface area (Å²) in [4.78, 5) is 11.9. The average molecular weight is 300 g/mol. The van der Waals surface area contributed by atoms with Crippen LogP contribution in [0.2, 0.25) is 0 Å². The number of hydrogen-bond donors (Lipinski definition) is 5. The number of phenols is 1. The molecule has 0 amide bonds. The standard InChI is InChI=1S/C13H16O8/c14-5-8-9(16)10(17)11(18)13(20-8)21-12(19)6-3-1-2-4-7(6)15/h1-4,8-11,13-18H,5H2. The summed E-state index contributed by atoms with van der Waals surface area (Å²) in [5.74, 6) is -1.29. The second-order valence-electron chi connectivity index (χ2n) is 4.62. The van der Waals surface area contributed by atoms with Crippen molar-refractivity contribution in [1.29, 1.82) is 0 Å². The van der Waals surface area contributed by atoms with Crippen molar-refractivity contribution in [2.75, 3.05) is 6.61 Å². The average Bonchev–Trinajstić information content (AvgIpc) is 2.48. The molecule has 116 valence electrons. The van der Waals surface area contributed by atoms with E-state index in [1.165, 1.54) is 24.3 Å². The van der Waals surface area contributed by atoms with Crippen LogP contribution in [0.1, 0.15) is 10.4 Å². The number of ether oxygens (including phenoxy) is 2. The summed E-state index contributed by atoms with van der Waals surface area (Å²) < 4.78 is 9.90. The van der Waals surface area contributed by atoms with Crippen LogP contribution < -0.4 is 0 Å². The highest BCUT2D eigenvalue weighted by molar-refractivity contribution is 5.92. The summed E-state index contributed by atoms with van der Waals surface area (Å²) in [6.45, 7) is -0.629. The Morgan fingerprint density at radius 3 is 2.43 bits per heavy atom. The Kier molecular flexibility index (Phi) is 4.76. The first-order valence-corrected chi connectivity index (χ1v) is 6.25. The normalized spacial score (nSPS) is 32.7. The fourth-order valence-corrected chi connectivity index (χ4v) is 1.98. The van der Waals surface area contributed by atoms with E-state index in [-0.39, 0.29) is 11.3 Å². The van der Waals surface area contributed by atoms with Gasteiger partial charge < -0.3 is 35.0 Å². The Morgan fingerprint density at radius 2 is 1.81 bits per heavy atom. The number of benzene rings is 1. The highest BCUT2D eigenvalue weighted by atomic mass is 16.7. The van der Waals surface area contributed by atoms with Gasteiger partial charge in [0.1, 0.15) is 35.7 Å². The molecule has 8 nitrogen and oxygen atoms in total. The smallest absolute Gasteiger partial charge is 0.344 e. The Bertz CT molecular complexity index is 503. The van der Waals surface area contributed by atoms with E-state index < -0.39 is 43.3 Å². The molecule has 0 saturated carbocycles. The van der Waals surface area contributed by atoms with Crippen LogP contribution in [0.3, 0.4) is 0 Å². The molecule has 1 fully saturated rings. The first-order valence-electron chi connectivity index (χ1n) is 6.25. The van der Waals surface area contributed by atoms with E-state index in [1.807, 2.05) is 0 Å². The lowest BCUT2D eigenvalue weighted by atomic mass is 9.99. The van der Waals surface area contributed by atoms with Crippen LogP contribution in [0.25, 0.3) is 0 Å². The van der Waals surface area contributed by atoms with E-state index in [0.717, 1.165) is 0 Å². The lowest BCUT2D eigenvalue weighted by molar-refractivity contribution is -0.285. The van der Waals surface area contributed by atoms with Gasteiger partial charge in [0.25, 0.3) is 0 Å². The lowest BCUT2D eigenvalue weighted by Gasteiger charge is -2.39. The molecule has 1 aromatic carbocycles. The maximum absolute atomic E-state index is 11.9. The van der Waals surface area contributed by atoms with Gasteiger partial charge in [0.15, 0.2) is 0 Å². The van der Waals surface area contributed by atoms with Crippen molar-refractivity contribution in [2.45, 2.75) is 30.7 Å². The minimum atomic E-state index is -1.68. The molecule has 5 unspecified atom stereocenters. The number of aromatic hydroxyl groups is 1. The molecule has 8 heteroatoms. The van der Waals surface area contributed by atoms with E-state index in [4.69, 9.17) is 14.6 Å². The van der Waals surface area contributed by atoms with Crippen molar-refractivity contribution in [3.05, 3.63) is 29.8 Å². The summed E-state index contributed by atoms with van der Waals surface area (Å²) in [6, 6.07) is 5.61. The van der Waals surface area contributed by atoms with Gasteiger partial charge in [0, 0.05) is 0 Å². The zero-order chi connectivity index (χ0) is 15.6. The highest BCUT2D eigenvalue weighted by Crippen LogP contribution is 2.24. The van der Waals surface area contributed by atoms with Gasteiger partial charge in [-0.25, -0.2) is 4.79 Å². The summed E-state index contributed by atoms with van der Waals surface area (Å²) in [7, 11) is 0. The van der Waals surface area contributed by atoms with Crippen molar-refractivity contribution in [3.8, 4) is 5.75 Å². The Morgan fingerprint density at radius 1 is 1.14 bits per heavy atom. The van der Waals surface area contributed by atoms with Gasteiger partial charge in [-0.3, -0.25) is 0 Å². The summed E-state index contributed by atoms with van der Waals surface area (Å²) in [6.07, 6.45) is -7.61. The number of carbonyl (C=O) groups excluding carboxylic acids is 1. The van der Waals surface area contributed by atoms with Gasteiger partial charge in [-0.1, -0.05) is 12.1 Å². The molecule has 21 heavy (non-hydrogen) atoms. The minimum Gasteiger partial charge on any atom is -0.507 e. The maximum Gasteiger partial charge on any atom is 0.344 e. The number of carbonyl (C=O) groups is 1. The monoisotopic (exact) mass is 300 g/mol. The largest absolute Gasteiger partial charge is 0.507 e. The first kappa shape index (κ1) is 15.7. The van der Waals surface area contributed by atoms with Gasteiger partial charge in [-0.2, -0.15) is 0 Å². The molecule has 5 atom stereocenters. The molecule has 2 rings (SSSR count). The second-order valence-corrected chi connectivity index (χ2v) is 4.62. The van der Waals surface area contributed by atoms with Crippen LogP contribution in [-0.2, 0) is 9.47 Å². The van der Waals surface area contributed by atoms with Gasteiger partial charge >= 0.3 is 5.97 Å². The summed E-state index contributed by atoms with van der Waals surface area (Å²) in [5.41, 5.74) is -0.144. The molecule has 5 N–H and O–H groups in total.